The van der Waals surface area contributed by atoms with Gasteiger partial charge in [0.15, 0.2) is 5.96 Å². The zero-order chi connectivity index (χ0) is 22.8. The van der Waals surface area contributed by atoms with Gasteiger partial charge in [-0.1, -0.05) is 38.1 Å². The number of hydrogen-bond acceptors (Lipinski definition) is 4. The van der Waals surface area contributed by atoms with Crippen LogP contribution in [0.15, 0.2) is 29.3 Å². The first-order valence-corrected chi connectivity index (χ1v) is 12.3. The summed E-state index contributed by atoms with van der Waals surface area (Å²) >= 11 is 0. The fraction of sp³-hybridized carbons (Fsp3) is 0.680. The number of ether oxygens (including phenoxy) is 1. The van der Waals surface area contributed by atoms with E-state index in [9.17, 15) is 4.79 Å². The molecule has 7 nitrogen and oxygen atoms in total. The van der Waals surface area contributed by atoms with Gasteiger partial charge in [0.05, 0.1) is 19.8 Å². The minimum Gasteiger partial charge on any atom is -0.379 e. The first kappa shape index (κ1) is 27.9. The predicted molar refractivity (Wildman–Crippen MR) is 145 cm³/mol. The summed E-state index contributed by atoms with van der Waals surface area (Å²) < 4.78 is 5.51. The van der Waals surface area contributed by atoms with E-state index in [1.54, 1.807) is 0 Å². The molecule has 0 aliphatic carbocycles. The molecule has 0 saturated carbocycles. The third kappa shape index (κ3) is 8.72. The van der Waals surface area contributed by atoms with Crippen molar-refractivity contribution in [2.24, 2.45) is 10.9 Å². The molecule has 0 aromatic heterocycles. The summed E-state index contributed by atoms with van der Waals surface area (Å²) in [5, 5.41) is 6.76. The maximum atomic E-state index is 12.7. The Labute approximate surface area is 216 Å². The second-order valence-corrected chi connectivity index (χ2v) is 9.04. The Balaban J connectivity index is 0.00000385. The van der Waals surface area contributed by atoms with Crippen molar-refractivity contribution in [3.8, 4) is 0 Å². The summed E-state index contributed by atoms with van der Waals surface area (Å²) in [6, 6.07) is 8.86. The van der Waals surface area contributed by atoms with Gasteiger partial charge in [-0.05, 0) is 36.8 Å². The van der Waals surface area contributed by atoms with Crippen molar-refractivity contribution in [1.82, 2.24) is 20.4 Å². The van der Waals surface area contributed by atoms with E-state index in [-0.39, 0.29) is 29.9 Å². The number of carbonyl (C=O) groups excluding carboxylic acids is 1. The van der Waals surface area contributed by atoms with Crippen molar-refractivity contribution in [3.63, 3.8) is 0 Å². The maximum absolute atomic E-state index is 12.7. The fourth-order valence-corrected chi connectivity index (χ4v) is 4.50. The third-order valence-corrected chi connectivity index (χ3v) is 6.41. The zero-order valence-electron chi connectivity index (χ0n) is 20.5. The van der Waals surface area contributed by atoms with E-state index in [1.165, 1.54) is 11.1 Å². The van der Waals surface area contributed by atoms with Gasteiger partial charge in [-0.25, -0.2) is 0 Å². The molecule has 2 aliphatic rings. The number of benzene rings is 1. The number of fused-ring (bicyclic) bond motifs is 1. The Morgan fingerprint density at radius 1 is 1.12 bits per heavy atom. The molecule has 1 atom stereocenters. The molecule has 2 N–H and O–H groups in total. The van der Waals surface area contributed by atoms with Crippen LogP contribution in [0.25, 0.3) is 0 Å². The van der Waals surface area contributed by atoms with Crippen LogP contribution in [0.3, 0.4) is 0 Å². The van der Waals surface area contributed by atoms with Gasteiger partial charge < -0.3 is 20.3 Å². The lowest BCUT2D eigenvalue weighted by Gasteiger charge is -2.36. The fourth-order valence-electron chi connectivity index (χ4n) is 4.50. The molecule has 1 saturated heterocycles. The number of hydrogen-bond donors (Lipinski definition) is 2. The van der Waals surface area contributed by atoms with Crippen molar-refractivity contribution in [3.05, 3.63) is 35.4 Å². The van der Waals surface area contributed by atoms with E-state index in [4.69, 9.17) is 9.73 Å². The second kappa shape index (κ2) is 14.8. The molecular weight excluding hydrogens is 529 g/mol. The standard InChI is InChI=1S/C25H41N5O2.HI/c1-4-26-25(28-18-23(20(2)3)29-14-16-32-17-15-29)27-12-7-10-24(31)30-13-11-21-8-5-6-9-22(21)19-30;/h5-6,8-9,20,23H,4,7,10-19H2,1-3H3,(H2,26,27,28);1H. The molecule has 0 radical (unpaired) electrons. The van der Waals surface area contributed by atoms with Gasteiger partial charge in [0.25, 0.3) is 0 Å². The largest absolute Gasteiger partial charge is 0.379 e. The van der Waals surface area contributed by atoms with Gasteiger partial charge in [-0.3, -0.25) is 14.7 Å². The van der Waals surface area contributed by atoms with Crippen LogP contribution in [0.2, 0.25) is 0 Å². The summed E-state index contributed by atoms with van der Waals surface area (Å²) in [6.07, 6.45) is 2.33. The Morgan fingerprint density at radius 3 is 2.55 bits per heavy atom. The topological polar surface area (TPSA) is 69.2 Å². The van der Waals surface area contributed by atoms with Crippen LogP contribution in [0, 0.1) is 5.92 Å². The molecule has 2 aliphatic heterocycles. The summed E-state index contributed by atoms with van der Waals surface area (Å²) in [4.78, 5) is 22.0. The van der Waals surface area contributed by atoms with Crippen molar-refractivity contribution >= 4 is 35.8 Å². The minimum absolute atomic E-state index is 0. The molecule has 3 rings (SSSR count). The number of amides is 1. The lowest BCUT2D eigenvalue weighted by molar-refractivity contribution is -0.132. The molecule has 1 unspecified atom stereocenters. The van der Waals surface area contributed by atoms with Gasteiger partial charge in [-0.15, -0.1) is 24.0 Å². The number of nitrogens with one attached hydrogen (secondary N) is 2. The molecule has 1 aromatic carbocycles. The summed E-state index contributed by atoms with van der Waals surface area (Å²) in [5.41, 5.74) is 2.66. The number of rotatable bonds is 9. The first-order chi connectivity index (χ1) is 15.6. The van der Waals surface area contributed by atoms with Gasteiger partial charge in [0.1, 0.15) is 0 Å². The highest BCUT2D eigenvalue weighted by Crippen LogP contribution is 2.19. The molecule has 1 aromatic rings. The van der Waals surface area contributed by atoms with E-state index in [0.29, 0.717) is 18.4 Å². The van der Waals surface area contributed by atoms with Crippen molar-refractivity contribution in [2.75, 3.05) is 52.5 Å². The van der Waals surface area contributed by atoms with Gasteiger partial charge in [-0.2, -0.15) is 0 Å². The number of nitrogens with zero attached hydrogens (tertiary/aromatic N) is 3. The van der Waals surface area contributed by atoms with Crippen LogP contribution in [0.1, 0.15) is 44.7 Å². The van der Waals surface area contributed by atoms with E-state index in [2.05, 4.69) is 60.6 Å². The van der Waals surface area contributed by atoms with E-state index < -0.39 is 0 Å². The SMILES string of the molecule is CCNC(=NCC(C(C)C)N1CCOCC1)NCCCC(=O)N1CCc2ccccc2C1.I. The number of guanidine groups is 1. The van der Waals surface area contributed by atoms with Crippen LogP contribution < -0.4 is 10.6 Å². The Morgan fingerprint density at radius 2 is 1.85 bits per heavy atom. The normalized spacial score (nSPS) is 17.8. The van der Waals surface area contributed by atoms with Crippen molar-refractivity contribution < 1.29 is 9.53 Å². The van der Waals surface area contributed by atoms with Crippen LogP contribution in [-0.2, 0) is 22.5 Å². The molecule has 8 heteroatoms. The highest BCUT2D eigenvalue weighted by molar-refractivity contribution is 14.0. The Hall–Kier alpha value is -1.39. The molecule has 33 heavy (non-hydrogen) atoms. The molecule has 0 bridgehead atoms. The lowest BCUT2D eigenvalue weighted by Crippen LogP contribution is -2.48. The summed E-state index contributed by atoms with van der Waals surface area (Å²) in [5.74, 6) is 1.62. The molecule has 2 heterocycles. The number of morpholine rings is 1. The quantitative estimate of drug-likeness (QED) is 0.207. The second-order valence-electron chi connectivity index (χ2n) is 9.04. The van der Waals surface area contributed by atoms with Gasteiger partial charge in [0.2, 0.25) is 5.91 Å². The zero-order valence-corrected chi connectivity index (χ0v) is 22.8. The first-order valence-electron chi connectivity index (χ1n) is 12.3. The van der Waals surface area contributed by atoms with Gasteiger partial charge >= 0.3 is 0 Å². The number of aliphatic imine (C=N–C) groups is 1. The van der Waals surface area contributed by atoms with Crippen LogP contribution >= 0.6 is 24.0 Å². The van der Waals surface area contributed by atoms with Crippen LogP contribution in [0.4, 0.5) is 0 Å². The average molecular weight is 572 g/mol. The average Bonchev–Trinajstić information content (AvgIpc) is 2.81. The highest BCUT2D eigenvalue weighted by Gasteiger charge is 2.24. The van der Waals surface area contributed by atoms with Gasteiger partial charge in [0, 0.05) is 51.7 Å². The van der Waals surface area contributed by atoms with Crippen molar-refractivity contribution in [2.45, 2.75) is 52.6 Å². The Kier molecular flexibility index (Phi) is 12.5. The maximum Gasteiger partial charge on any atom is 0.222 e. The molecule has 0 spiro atoms. The minimum atomic E-state index is 0. The van der Waals surface area contributed by atoms with Crippen molar-refractivity contribution in [1.29, 1.82) is 0 Å². The number of carbonyl (C=O) groups is 1. The monoisotopic (exact) mass is 571 g/mol. The molecule has 186 valence electrons. The van der Waals surface area contributed by atoms with E-state index in [1.807, 2.05) is 4.90 Å². The van der Waals surface area contributed by atoms with Crippen LogP contribution in [0.5, 0.6) is 0 Å². The van der Waals surface area contributed by atoms with E-state index in [0.717, 1.165) is 77.8 Å². The Bertz CT molecular complexity index is 752. The number of halogens is 1. The smallest absolute Gasteiger partial charge is 0.222 e. The highest BCUT2D eigenvalue weighted by atomic mass is 127. The predicted octanol–water partition coefficient (Wildman–Crippen LogP) is 2.88. The van der Waals surface area contributed by atoms with E-state index >= 15 is 0 Å². The molecular formula is C25H42IN5O2. The molecule has 1 amide bonds. The third-order valence-electron chi connectivity index (χ3n) is 6.41. The van der Waals surface area contributed by atoms with Crippen LogP contribution in [-0.4, -0.2) is 80.2 Å². The summed E-state index contributed by atoms with van der Waals surface area (Å²) in [6.45, 7) is 14.1. The molecule has 1 fully saturated rings. The summed E-state index contributed by atoms with van der Waals surface area (Å²) in [7, 11) is 0. The lowest BCUT2D eigenvalue weighted by atomic mass is 9.99.